The zero-order chi connectivity index (χ0) is 10.5. The van der Waals surface area contributed by atoms with Gasteiger partial charge in [-0.15, -0.1) is 17.0 Å². The Balaban J connectivity index is -0.000000192. The van der Waals surface area contributed by atoms with E-state index in [0.29, 0.717) is 6.61 Å². The molecule has 1 nitrogen and oxygen atoms in total. The Morgan fingerprint density at radius 1 is 0.938 bits per heavy atom. The third-order valence-corrected chi connectivity index (χ3v) is 1.87. The van der Waals surface area contributed by atoms with Gasteiger partial charge in [0.1, 0.15) is 0 Å². The minimum Gasteiger partial charge on any atom is -0.396 e. The van der Waals surface area contributed by atoms with Crippen LogP contribution in [0.4, 0.5) is 0 Å². The number of halogens is 1. The number of rotatable bonds is 5. The minimum atomic E-state index is 0. The molecule has 0 aromatic heterocycles. The van der Waals surface area contributed by atoms with Crippen molar-refractivity contribution in [2.24, 2.45) is 0 Å². The van der Waals surface area contributed by atoms with Gasteiger partial charge in [0.05, 0.1) is 0 Å². The van der Waals surface area contributed by atoms with Gasteiger partial charge in [-0.1, -0.05) is 32.6 Å². The van der Waals surface area contributed by atoms with Gasteiger partial charge in [0.15, 0.2) is 0 Å². The summed E-state index contributed by atoms with van der Waals surface area (Å²) in [6.07, 6.45) is 6.08. The Morgan fingerprint density at radius 3 is 1.81 bits per heavy atom. The van der Waals surface area contributed by atoms with Crippen molar-refractivity contribution in [3.05, 3.63) is 36.4 Å². The van der Waals surface area contributed by atoms with E-state index in [0.717, 1.165) is 6.42 Å². The molecular formula is C13H22BrMgO+. The molecule has 1 aromatic rings. The van der Waals surface area contributed by atoms with Crippen LogP contribution < -0.4 is 0 Å². The van der Waals surface area contributed by atoms with Crippen LogP contribution in [0.3, 0.4) is 0 Å². The number of unbranched alkanes of at least 4 members (excludes halogenated alkanes) is 4. The molecule has 0 aliphatic rings. The van der Waals surface area contributed by atoms with Gasteiger partial charge in [0.2, 0.25) is 0 Å². The van der Waals surface area contributed by atoms with Gasteiger partial charge >= 0.3 is 23.1 Å². The average Bonchev–Trinajstić information content (AvgIpc) is 2.28. The van der Waals surface area contributed by atoms with Gasteiger partial charge < -0.3 is 5.11 Å². The van der Waals surface area contributed by atoms with E-state index >= 15 is 0 Å². The molecule has 0 saturated heterocycles. The molecule has 1 N–H and O–H groups in total. The van der Waals surface area contributed by atoms with Crippen molar-refractivity contribution in [2.75, 3.05) is 6.61 Å². The van der Waals surface area contributed by atoms with Crippen molar-refractivity contribution in [1.82, 2.24) is 0 Å². The number of hydrogen-bond donors (Lipinski definition) is 1. The van der Waals surface area contributed by atoms with Crippen molar-refractivity contribution in [2.45, 2.75) is 39.0 Å². The Bertz CT molecular complexity index is 150. The van der Waals surface area contributed by atoms with Gasteiger partial charge in [-0.3, -0.25) is 0 Å². The van der Waals surface area contributed by atoms with Crippen LogP contribution in [-0.4, -0.2) is 34.8 Å². The smallest absolute Gasteiger partial charge is 0.396 e. The fourth-order valence-corrected chi connectivity index (χ4v) is 1.06. The molecular weight excluding hydrogens is 276 g/mol. The summed E-state index contributed by atoms with van der Waals surface area (Å²) in [7, 11) is 0. The van der Waals surface area contributed by atoms with E-state index < -0.39 is 0 Å². The van der Waals surface area contributed by atoms with Crippen LogP contribution >= 0.6 is 17.0 Å². The molecule has 16 heavy (non-hydrogen) atoms. The van der Waals surface area contributed by atoms with Crippen LogP contribution in [0.1, 0.15) is 39.0 Å². The summed E-state index contributed by atoms with van der Waals surface area (Å²) < 4.78 is 0. The van der Waals surface area contributed by atoms with E-state index in [-0.39, 0.29) is 40.0 Å². The molecule has 0 fully saturated rings. The second-order valence-corrected chi connectivity index (χ2v) is 3.22. The molecule has 0 heterocycles. The van der Waals surface area contributed by atoms with Gasteiger partial charge in [0.25, 0.3) is 0 Å². The van der Waals surface area contributed by atoms with Crippen molar-refractivity contribution in [1.29, 1.82) is 0 Å². The fourth-order valence-electron chi connectivity index (χ4n) is 1.06. The van der Waals surface area contributed by atoms with Gasteiger partial charge in [0, 0.05) is 6.61 Å². The first kappa shape index (κ1) is 21.7. The molecule has 0 amide bonds. The van der Waals surface area contributed by atoms with Crippen molar-refractivity contribution < 1.29 is 5.11 Å². The van der Waals surface area contributed by atoms with Crippen molar-refractivity contribution >= 4 is 40.0 Å². The maximum atomic E-state index is 8.37. The van der Waals surface area contributed by atoms with E-state index in [1.165, 1.54) is 25.7 Å². The normalized spacial score (nSPS) is 7.88. The summed E-state index contributed by atoms with van der Waals surface area (Å²) in [6, 6.07) is 12.5. The molecule has 0 saturated carbocycles. The number of aliphatic hydroxyl groups excluding tert-OH is 1. The molecule has 0 unspecified atom stereocenters. The Kier molecular flexibility index (Phi) is 28.2. The molecule has 3 heteroatoms. The summed E-state index contributed by atoms with van der Waals surface area (Å²) in [5.74, 6) is 0. The minimum absolute atomic E-state index is 0. The summed E-state index contributed by atoms with van der Waals surface area (Å²) in [5.41, 5.74) is 0. The van der Waals surface area contributed by atoms with Crippen LogP contribution in [0.2, 0.25) is 0 Å². The van der Waals surface area contributed by atoms with E-state index in [1.807, 2.05) is 30.3 Å². The van der Waals surface area contributed by atoms with E-state index in [4.69, 9.17) is 5.11 Å². The number of hydrogen-bond acceptors (Lipinski definition) is 1. The van der Waals surface area contributed by atoms with E-state index in [9.17, 15) is 0 Å². The second kappa shape index (κ2) is 20.8. The molecule has 0 bridgehead atoms. The largest absolute Gasteiger partial charge is 2.00 e. The molecule has 0 spiro atoms. The Morgan fingerprint density at radius 2 is 1.50 bits per heavy atom. The monoisotopic (exact) mass is 297 g/mol. The van der Waals surface area contributed by atoms with Gasteiger partial charge in [-0.05, 0) is 6.42 Å². The number of benzene rings is 1. The van der Waals surface area contributed by atoms with Crippen LogP contribution in [0.5, 0.6) is 0 Å². The Hall–Kier alpha value is 0.426. The summed E-state index contributed by atoms with van der Waals surface area (Å²) in [6.45, 7) is 2.56. The maximum Gasteiger partial charge on any atom is 2.00 e. The van der Waals surface area contributed by atoms with Gasteiger partial charge in [-0.2, -0.15) is 36.4 Å². The average molecular weight is 299 g/mol. The van der Waals surface area contributed by atoms with Crippen molar-refractivity contribution in [3.63, 3.8) is 0 Å². The zero-order valence-electron chi connectivity index (χ0n) is 10.2. The predicted octanol–water partition coefficient (Wildman–Crippen LogP) is 3.63. The Labute approximate surface area is 127 Å². The second-order valence-electron chi connectivity index (χ2n) is 3.22. The van der Waals surface area contributed by atoms with Crippen LogP contribution in [-0.2, 0) is 0 Å². The first-order valence-electron chi connectivity index (χ1n) is 5.43. The quantitative estimate of drug-likeness (QED) is 0.500. The molecule has 0 aliphatic carbocycles. The van der Waals surface area contributed by atoms with E-state index in [2.05, 4.69) is 13.0 Å². The standard InChI is InChI=1S/C7H16O.C6H5.BrH.Mg/c1-2-3-4-5-6-7-8;1-2-4-6-5-3-1;;/h8H,2-7H2,1H3;1-5H;1H;/q;-1;;+2. The summed E-state index contributed by atoms with van der Waals surface area (Å²) >= 11 is 0. The predicted molar refractivity (Wildman–Crippen MR) is 77.2 cm³/mol. The third-order valence-electron chi connectivity index (χ3n) is 1.87. The first-order valence-corrected chi connectivity index (χ1v) is 5.43. The topological polar surface area (TPSA) is 20.2 Å². The molecule has 0 radical (unpaired) electrons. The molecule has 1 aromatic carbocycles. The summed E-state index contributed by atoms with van der Waals surface area (Å²) in [4.78, 5) is 0. The maximum absolute atomic E-state index is 8.37. The zero-order valence-corrected chi connectivity index (χ0v) is 13.3. The summed E-state index contributed by atoms with van der Waals surface area (Å²) in [5, 5.41) is 8.37. The van der Waals surface area contributed by atoms with Crippen molar-refractivity contribution in [3.8, 4) is 0 Å². The fraction of sp³-hybridized carbons (Fsp3) is 0.538. The van der Waals surface area contributed by atoms with Crippen LogP contribution in [0.15, 0.2) is 30.3 Å². The molecule has 1 rings (SSSR count). The van der Waals surface area contributed by atoms with Crippen LogP contribution in [0.25, 0.3) is 0 Å². The van der Waals surface area contributed by atoms with Gasteiger partial charge in [-0.25, -0.2) is 0 Å². The molecule has 88 valence electrons. The van der Waals surface area contributed by atoms with Crippen LogP contribution in [0, 0.1) is 6.07 Å². The third kappa shape index (κ3) is 19.9. The SMILES string of the molecule is Br.CCCCCCCO.[Mg+2].[c-]1ccccc1. The molecule has 0 atom stereocenters. The number of aliphatic hydroxyl groups is 1. The first-order chi connectivity index (χ1) is 6.91. The molecule has 0 aliphatic heterocycles. The van der Waals surface area contributed by atoms with E-state index in [1.54, 1.807) is 0 Å².